The third-order valence-electron chi connectivity index (χ3n) is 2.83. The summed E-state index contributed by atoms with van der Waals surface area (Å²) in [6.07, 6.45) is 0. The maximum Gasteiger partial charge on any atom is 0.121 e. The number of aliphatic hydroxyl groups is 1. The lowest BCUT2D eigenvalue weighted by molar-refractivity contribution is 0.277. The quantitative estimate of drug-likeness (QED) is 0.743. The van der Waals surface area contributed by atoms with Crippen LogP contribution in [-0.4, -0.2) is 16.3 Å². The molecule has 1 aromatic carbocycles. The minimum atomic E-state index is 0.0158. The smallest absolute Gasteiger partial charge is 0.121 e. The van der Waals surface area contributed by atoms with E-state index in [2.05, 4.69) is 6.07 Å². The van der Waals surface area contributed by atoms with Crippen LogP contribution in [0, 0.1) is 18.3 Å². The number of nitrogens with two attached hydrogens (primary N) is 1. The average molecular weight is 215 g/mol. The topological polar surface area (TPSA) is 75.0 Å². The number of nitrogen functional groups attached to an aromatic ring is 1. The number of aromatic nitrogens is 1. The first-order valence-electron chi connectivity index (χ1n) is 5.08. The minimum Gasteiger partial charge on any atom is -0.398 e. The summed E-state index contributed by atoms with van der Waals surface area (Å²) in [5.74, 6) is 0. The average Bonchev–Trinajstić information content (AvgIpc) is 2.63. The van der Waals surface area contributed by atoms with Crippen LogP contribution in [0.3, 0.4) is 0 Å². The Balaban J connectivity index is 2.79. The molecule has 3 N–H and O–H groups in total. The van der Waals surface area contributed by atoms with Gasteiger partial charge in [-0.1, -0.05) is 0 Å². The van der Waals surface area contributed by atoms with Crippen LogP contribution in [0.25, 0.3) is 10.9 Å². The zero-order valence-electron chi connectivity index (χ0n) is 9.07. The van der Waals surface area contributed by atoms with Crippen LogP contribution >= 0.6 is 0 Å². The standard InChI is InChI=1S/C12H13N3O/c1-8-10-6-9(7-13)15(4-5-16)12(10)3-2-11(8)14/h2-3,6,16H,4-5,14H2,1H3. The Hall–Kier alpha value is -1.99. The highest BCUT2D eigenvalue weighted by atomic mass is 16.3. The van der Waals surface area contributed by atoms with E-state index in [1.54, 1.807) is 0 Å². The molecule has 1 aromatic heterocycles. The first kappa shape index (κ1) is 10.5. The first-order chi connectivity index (χ1) is 7.69. The van der Waals surface area contributed by atoms with Gasteiger partial charge in [-0.25, -0.2) is 0 Å². The van der Waals surface area contributed by atoms with E-state index in [0.29, 0.717) is 12.2 Å². The zero-order chi connectivity index (χ0) is 11.7. The number of hydrogen-bond donors (Lipinski definition) is 2. The van der Waals surface area contributed by atoms with E-state index in [1.807, 2.05) is 29.7 Å². The van der Waals surface area contributed by atoms with Crippen LogP contribution in [0.5, 0.6) is 0 Å². The summed E-state index contributed by atoms with van der Waals surface area (Å²) in [6.45, 7) is 2.37. The predicted molar refractivity (Wildman–Crippen MR) is 62.9 cm³/mol. The number of anilines is 1. The van der Waals surface area contributed by atoms with Crippen LogP contribution in [0.2, 0.25) is 0 Å². The third-order valence-corrected chi connectivity index (χ3v) is 2.83. The maximum absolute atomic E-state index is 9.02. The fourth-order valence-electron chi connectivity index (χ4n) is 1.93. The highest BCUT2D eigenvalue weighted by molar-refractivity contribution is 5.89. The SMILES string of the molecule is Cc1c(N)ccc2c1cc(C#N)n2CCO. The number of aliphatic hydroxyl groups excluding tert-OH is 1. The second-order valence-electron chi connectivity index (χ2n) is 3.73. The van der Waals surface area contributed by atoms with E-state index >= 15 is 0 Å². The van der Waals surface area contributed by atoms with E-state index in [4.69, 9.17) is 16.1 Å². The maximum atomic E-state index is 9.02. The van der Waals surface area contributed by atoms with Crippen molar-refractivity contribution in [2.45, 2.75) is 13.5 Å². The number of nitriles is 1. The van der Waals surface area contributed by atoms with Crippen molar-refractivity contribution in [3.05, 3.63) is 29.5 Å². The Labute approximate surface area is 93.5 Å². The Morgan fingerprint density at radius 3 is 2.88 bits per heavy atom. The zero-order valence-corrected chi connectivity index (χ0v) is 9.07. The second-order valence-corrected chi connectivity index (χ2v) is 3.73. The van der Waals surface area contributed by atoms with Crippen LogP contribution in [-0.2, 0) is 6.54 Å². The Bertz CT molecular complexity index is 578. The summed E-state index contributed by atoms with van der Waals surface area (Å²) < 4.78 is 1.81. The summed E-state index contributed by atoms with van der Waals surface area (Å²) in [5.41, 5.74) is 9.01. The lowest BCUT2D eigenvalue weighted by Gasteiger charge is -2.06. The lowest BCUT2D eigenvalue weighted by atomic mass is 10.1. The molecule has 2 rings (SSSR count). The third kappa shape index (κ3) is 1.42. The van der Waals surface area contributed by atoms with Crippen molar-refractivity contribution < 1.29 is 5.11 Å². The van der Waals surface area contributed by atoms with Crippen LogP contribution in [0.15, 0.2) is 18.2 Å². The molecular weight excluding hydrogens is 202 g/mol. The van der Waals surface area contributed by atoms with Gasteiger partial charge in [0.1, 0.15) is 11.8 Å². The molecule has 1 heterocycles. The molecule has 0 radical (unpaired) electrons. The van der Waals surface area contributed by atoms with Crippen molar-refractivity contribution in [3.8, 4) is 6.07 Å². The van der Waals surface area contributed by atoms with Gasteiger partial charge in [-0.3, -0.25) is 0 Å². The Morgan fingerprint density at radius 1 is 1.50 bits per heavy atom. The van der Waals surface area contributed by atoms with Gasteiger partial charge >= 0.3 is 0 Å². The summed E-state index contributed by atoms with van der Waals surface area (Å²) in [4.78, 5) is 0. The molecule has 16 heavy (non-hydrogen) atoms. The molecule has 0 unspecified atom stereocenters. The molecule has 2 aromatic rings. The van der Waals surface area contributed by atoms with Crippen molar-refractivity contribution in [3.63, 3.8) is 0 Å². The van der Waals surface area contributed by atoms with E-state index in [1.165, 1.54) is 0 Å². The highest BCUT2D eigenvalue weighted by Gasteiger charge is 2.10. The molecular formula is C12H13N3O. The van der Waals surface area contributed by atoms with Gasteiger partial charge in [0.2, 0.25) is 0 Å². The summed E-state index contributed by atoms with van der Waals surface area (Å²) in [5, 5.41) is 19.0. The van der Waals surface area contributed by atoms with Gasteiger partial charge in [0.05, 0.1) is 6.61 Å². The van der Waals surface area contributed by atoms with Crippen LogP contribution in [0.1, 0.15) is 11.3 Å². The van der Waals surface area contributed by atoms with E-state index in [9.17, 15) is 0 Å². The fraction of sp³-hybridized carbons (Fsp3) is 0.250. The molecule has 0 atom stereocenters. The summed E-state index contributed by atoms with van der Waals surface area (Å²) in [6, 6.07) is 7.65. The Morgan fingerprint density at radius 2 is 2.25 bits per heavy atom. The molecule has 0 aliphatic rings. The van der Waals surface area contributed by atoms with Crippen LogP contribution < -0.4 is 5.73 Å². The minimum absolute atomic E-state index is 0.0158. The van der Waals surface area contributed by atoms with Gasteiger partial charge in [-0.2, -0.15) is 5.26 Å². The number of hydrogen-bond acceptors (Lipinski definition) is 3. The molecule has 4 heteroatoms. The molecule has 0 aliphatic heterocycles. The van der Waals surface area contributed by atoms with Gasteiger partial charge in [0.15, 0.2) is 0 Å². The lowest BCUT2D eigenvalue weighted by Crippen LogP contribution is -2.04. The van der Waals surface area contributed by atoms with Crippen molar-refractivity contribution in [1.82, 2.24) is 4.57 Å². The van der Waals surface area contributed by atoms with Crippen molar-refractivity contribution in [1.29, 1.82) is 5.26 Å². The molecule has 0 spiro atoms. The summed E-state index contributed by atoms with van der Waals surface area (Å²) in [7, 11) is 0. The van der Waals surface area contributed by atoms with Crippen LogP contribution in [0.4, 0.5) is 5.69 Å². The van der Waals surface area contributed by atoms with Gasteiger partial charge < -0.3 is 15.4 Å². The van der Waals surface area contributed by atoms with Gasteiger partial charge in [0, 0.05) is 23.1 Å². The van der Waals surface area contributed by atoms with Crippen molar-refractivity contribution in [2.75, 3.05) is 12.3 Å². The predicted octanol–water partition coefficient (Wildman–Crippen LogP) is 1.40. The monoisotopic (exact) mass is 215 g/mol. The van der Waals surface area contributed by atoms with Gasteiger partial charge in [-0.05, 0) is 30.7 Å². The molecule has 0 amide bonds. The Kier molecular flexibility index (Phi) is 2.55. The molecule has 0 saturated carbocycles. The number of benzene rings is 1. The molecule has 0 fully saturated rings. The normalized spacial score (nSPS) is 10.6. The van der Waals surface area contributed by atoms with Gasteiger partial charge in [-0.15, -0.1) is 0 Å². The second kappa shape index (κ2) is 3.87. The molecule has 82 valence electrons. The van der Waals surface area contributed by atoms with Gasteiger partial charge in [0.25, 0.3) is 0 Å². The molecule has 0 bridgehead atoms. The number of rotatable bonds is 2. The number of nitrogens with zero attached hydrogens (tertiary/aromatic N) is 2. The van der Waals surface area contributed by atoms with Crippen molar-refractivity contribution in [2.24, 2.45) is 0 Å². The molecule has 0 aliphatic carbocycles. The number of aryl methyl sites for hydroxylation is 1. The van der Waals surface area contributed by atoms with Crippen molar-refractivity contribution >= 4 is 16.6 Å². The first-order valence-corrected chi connectivity index (χ1v) is 5.08. The highest BCUT2D eigenvalue weighted by Crippen LogP contribution is 2.26. The van der Waals surface area contributed by atoms with E-state index in [-0.39, 0.29) is 6.61 Å². The van der Waals surface area contributed by atoms with E-state index in [0.717, 1.165) is 22.2 Å². The number of fused-ring (bicyclic) bond motifs is 1. The van der Waals surface area contributed by atoms with E-state index < -0.39 is 0 Å². The fourth-order valence-corrected chi connectivity index (χ4v) is 1.93. The largest absolute Gasteiger partial charge is 0.398 e. The molecule has 0 saturated heterocycles. The summed E-state index contributed by atoms with van der Waals surface area (Å²) >= 11 is 0. The molecule has 4 nitrogen and oxygen atoms in total.